The molecule has 2 rings (SSSR count). The van der Waals surface area contributed by atoms with E-state index in [2.05, 4.69) is 15.1 Å². The van der Waals surface area contributed by atoms with Gasteiger partial charge in [-0.15, -0.1) is 0 Å². The Morgan fingerprint density at radius 2 is 2.35 bits per heavy atom. The first-order valence-electron chi connectivity index (χ1n) is 4.88. The molecule has 0 atom stereocenters. The van der Waals surface area contributed by atoms with E-state index >= 15 is 0 Å². The third-order valence-corrected chi connectivity index (χ3v) is 3.30. The van der Waals surface area contributed by atoms with Crippen LogP contribution < -0.4 is 5.56 Å². The van der Waals surface area contributed by atoms with Crippen molar-refractivity contribution in [3.05, 3.63) is 32.0 Å². The number of hydrogen-bond donors (Lipinski definition) is 1. The number of hydrogen-bond acceptors (Lipinski definition) is 4. The maximum Gasteiger partial charge on any atom is 0.264 e. The molecule has 0 unspecified atom stereocenters. The van der Waals surface area contributed by atoms with Crippen LogP contribution in [0.25, 0.3) is 11.4 Å². The van der Waals surface area contributed by atoms with Gasteiger partial charge in [0.15, 0.2) is 0 Å². The van der Waals surface area contributed by atoms with E-state index in [1.165, 1.54) is 0 Å². The van der Waals surface area contributed by atoms with E-state index in [0.717, 1.165) is 5.56 Å². The van der Waals surface area contributed by atoms with E-state index in [9.17, 15) is 4.79 Å². The molecular weight excluding hydrogens is 335 g/mol. The molecule has 2 heterocycles. The van der Waals surface area contributed by atoms with E-state index < -0.39 is 0 Å². The number of halogens is 1. The van der Waals surface area contributed by atoms with Crippen LogP contribution in [0.3, 0.4) is 0 Å². The molecule has 1 N–H and O–H groups in total. The molecule has 2 aromatic rings. The number of aromatic amines is 1. The van der Waals surface area contributed by atoms with Gasteiger partial charge in [-0.1, -0.05) is 0 Å². The fourth-order valence-electron chi connectivity index (χ4n) is 1.42. The fraction of sp³-hybridized carbons (Fsp3) is 0.300. The molecule has 6 nitrogen and oxygen atoms in total. The second kappa shape index (κ2) is 4.96. The zero-order valence-electron chi connectivity index (χ0n) is 9.40. The number of ether oxygens (including phenoxy) is 1. The van der Waals surface area contributed by atoms with Crippen molar-refractivity contribution in [1.82, 2.24) is 19.7 Å². The van der Waals surface area contributed by atoms with Crippen LogP contribution in [0.5, 0.6) is 0 Å². The first-order valence-corrected chi connectivity index (χ1v) is 5.96. The lowest BCUT2D eigenvalue weighted by molar-refractivity contribution is 0.180. The second-order valence-corrected chi connectivity index (χ2v) is 4.59. The molecule has 0 spiro atoms. The lowest BCUT2D eigenvalue weighted by Gasteiger charge is -2.04. The van der Waals surface area contributed by atoms with Gasteiger partial charge >= 0.3 is 0 Å². The summed E-state index contributed by atoms with van der Waals surface area (Å²) in [5.74, 6) is 0.510. The zero-order chi connectivity index (χ0) is 12.4. The molecule has 2 aromatic heterocycles. The standard InChI is InChI=1S/C10H11IN4O2/c1-15-4-6(3-12-15)9-13-7(5-17-2)8(11)10(16)14-9/h3-4H,5H2,1-2H3,(H,13,14,16). The Labute approximate surface area is 111 Å². The normalized spacial score (nSPS) is 10.8. The molecule has 0 aliphatic carbocycles. The summed E-state index contributed by atoms with van der Waals surface area (Å²) < 4.78 is 7.23. The maximum absolute atomic E-state index is 11.7. The SMILES string of the molecule is COCc1nc(-c2cnn(C)c2)[nH]c(=O)c1I. The Hall–Kier alpha value is -1.22. The highest BCUT2D eigenvalue weighted by atomic mass is 127. The molecule has 7 heteroatoms. The van der Waals surface area contributed by atoms with Gasteiger partial charge in [-0.3, -0.25) is 9.48 Å². The van der Waals surface area contributed by atoms with Gasteiger partial charge in [-0.25, -0.2) is 4.98 Å². The smallest absolute Gasteiger partial charge is 0.264 e. The monoisotopic (exact) mass is 346 g/mol. The number of rotatable bonds is 3. The van der Waals surface area contributed by atoms with Crippen molar-refractivity contribution in [2.75, 3.05) is 7.11 Å². The first-order chi connectivity index (χ1) is 8.11. The van der Waals surface area contributed by atoms with Crippen LogP contribution in [0.2, 0.25) is 0 Å². The first kappa shape index (κ1) is 12.2. The van der Waals surface area contributed by atoms with Crippen LogP contribution >= 0.6 is 22.6 Å². The van der Waals surface area contributed by atoms with Gasteiger partial charge in [0.05, 0.1) is 24.1 Å². The van der Waals surface area contributed by atoms with Gasteiger partial charge in [-0.05, 0) is 22.6 Å². The molecule has 0 aromatic carbocycles. The molecule has 0 amide bonds. The summed E-state index contributed by atoms with van der Waals surface area (Å²) in [4.78, 5) is 18.8. The summed E-state index contributed by atoms with van der Waals surface area (Å²) in [5, 5.41) is 4.04. The summed E-state index contributed by atoms with van der Waals surface area (Å²) in [6.07, 6.45) is 3.45. The molecule has 0 aliphatic heterocycles. The zero-order valence-corrected chi connectivity index (χ0v) is 11.6. The third-order valence-electron chi connectivity index (χ3n) is 2.19. The Bertz CT molecular complexity index is 590. The molecule has 0 saturated carbocycles. The van der Waals surface area contributed by atoms with Gasteiger partial charge in [0.25, 0.3) is 5.56 Å². The van der Waals surface area contributed by atoms with Crippen molar-refractivity contribution in [1.29, 1.82) is 0 Å². The molecule has 0 bridgehead atoms. The highest BCUT2D eigenvalue weighted by Crippen LogP contribution is 2.14. The highest BCUT2D eigenvalue weighted by molar-refractivity contribution is 14.1. The van der Waals surface area contributed by atoms with Gasteiger partial charge in [0.2, 0.25) is 0 Å². The number of aromatic nitrogens is 4. The van der Waals surface area contributed by atoms with Crippen LogP contribution in [-0.4, -0.2) is 26.9 Å². The Balaban J connectivity index is 2.52. The van der Waals surface area contributed by atoms with Crippen LogP contribution in [-0.2, 0) is 18.4 Å². The highest BCUT2D eigenvalue weighted by Gasteiger charge is 2.10. The lowest BCUT2D eigenvalue weighted by Crippen LogP contribution is -2.16. The minimum absolute atomic E-state index is 0.161. The Morgan fingerprint density at radius 1 is 1.59 bits per heavy atom. The van der Waals surface area contributed by atoms with E-state index in [-0.39, 0.29) is 5.56 Å². The predicted molar refractivity (Wildman–Crippen MR) is 70.5 cm³/mol. The second-order valence-electron chi connectivity index (χ2n) is 3.51. The quantitative estimate of drug-likeness (QED) is 0.839. The largest absolute Gasteiger partial charge is 0.378 e. The molecular formula is C10H11IN4O2. The summed E-state index contributed by atoms with van der Waals surface area (Å²) in [7, 11) is 3.38. The minimum atomic E-state index is -0.161. The van der Waals surface area contributed by atoms with Crippen LogP contribution in [0.15, 0.2) is 17.2 Å². The van der Waals surface area contributed by atoms with E-state index in [0.29, 0.717) is 21.7 Å². The van der Waals surface area contributed by atoms with Crippen LogP contribution in [0.4, 0.5) is 0 Å². The predicted octanol–water partition coefficient (Wildman–Crippen LogP) is 0.921. The summed E-state index contributed by atoms with van der Waals surface area (Å²) >= 11 is 1.96. The number of nitrogens with one attached hydrogen (secondary N) is 1. The lowest BCUT2D eigenvalue weighted by atomic mass is 10.3. The summed E-state index contributed by atoms with van der Waals surface area (Å²) in [6, 6.07) is 0. The van der Waals surface area contributed by atoms with Gasteiger partial charge in [-0.2, -0.15) is 5.10 Å². The topological polar surface area (TPSA) is 72.8 Å². The van der Waals surface area contributed by atoms with E-state index in [4.69, 9.17) is 4.74 Å². The van der Waals surface area contributed by atoms with Crippen molar-refractivity contribution >= 4 is 22.6 Å². The minimum Gasteiger partial charge on any atom is -0.378 e. The molecule has 0 fully saturated rings. The number of nitrogens with zero attached hydrogens (tertiary/aromatic N) is 3. The van der Waals surface area contributed by atoms with Crippen molar-refractivity contribution in [3.8, 4) is 11.4 Å². The van der Waals surface area contributed by atoms with Crippen molar-refractivity contribution in [3.63, 3.8) is 0 Å². The van der Waals surface area contributed by atoms with Crippen LogP contribution in [0, 0.1) is 3.57 Å². The Kier molecular flexibility index (Phi) is 3.57. The van der Waals surface area contributed by atoms with E-state index in [1.807, 2.05) is 29.6 Å². The molecule has 0 saturated heterocycles. The summed E-state index contributed by atoms with van der Waals surface area (Å²) in [6.45, 7) is 0.315. The molecule has 0 radical (unpaired) electrons. The number of methoxy groups -OCH3 is 1. The number of H-pyrrole nitrogens is 1. The Morgan fingerprint density at radius 3 is 2.94 bits per heavy atom. The van der Waals surface area contributed by atoms with Crippen molar-refractivity contribution in [2.24, 2.45) is 7.05 Å². The molecule has 0 aliphatic rings. The third kappa shape index (κ3) is 2.55. The van der Waals surface area contributed by atoms with Crippen molar-refractivity contribution < 1.29 is 4.74 Å². The number of aryl methyl sites for hydroxylation is 1. The van der Waals surface area contributed by atoms with Crippen LogP contribution in [0.1, 0.15) is 5.69 Å². The fourth-order valence-corrected chi connectivity index (χ4v) is 1.83. The molecule has 17 heavy (non-hydrogen) atoms. The maximum atomic E-state index is 11.7. The van der Waals surface area contributed by atoms with Crippen molar-refractivity contribution in [2.45, 2.75) is 6.61 Å². The van der Waals surface area contributed by atoms with Gasteiger partial charge in [0, 0.05) is 20.4 Å². The van der Waals surface area contributed by atoms with E-state index in [1.54, 1.807) is 24.2 Å². The molecule has 90 valence electrons. The average molecular weight is 346 g/mol. The van der Waals surface area contributed by atoms with Gasteiger partial charge < -0.3 is 9.72 Å². The average Bonchev–Trinajstić information content (AvgIpc) is 2.71. The summed E-state index contributed by atoms with van der Waals surface area (Å²) in [5.41, 5.74) is 1.25. The van der Waals surface area contributed by atoms with Gasteiger partial charge in [0.1, 0.15) is 9.39 Å².